The van der Waals surface area contributed by atoms with Gasteiger partial charge < -0.3 is 10.4 Å². The van der Waals surface area contributed by atoms with Crippen molar-refractivity contribution >= 4 is 38.2 Å². The van der Waals surface area contributed by atoms with Crippen LogP contribution in [0.15, 0.2) is 53.4 Å². The molecule has 3 aromatic rings. The van der Waals surface area contributed by atoms with Crippen molar-refractivity contribution < 1.29 is 27.8 Å². The maximum Gasteiger partial charge on any atom is 0.298 e. The van der Waals surface area contributed by atoms with Gasteiger partial charge in [0.05, 0.1) is 10.6 Å². The van der Waals surface area contributed by atoms with Crippen molar-refractivity contribution in [1.82, 2.24) is 0 Å². The molecule has 0 saturated heterocycles. The molecule has 0 aromatic heterocycles. The van der Waals surface area contributed by atoms with Crippen molar-refractivity contribution in [3.8, 4) is 5.75 Å². The van der Waals surface area contributed by atoms with E-state index in [1.165, 1.54) is 30.3 Å². The summed E-state index contributed by atoms with van der Waals surface area (Å²) >= 11 is 0. The summed E-state index contributed by atoms with van der Waals surface area (Å²) in [6.07, 6.45) is 0. The van der Waals surface area contributed by atoms with Gasteiger partial charge in [-0.15, -0.1) is 0 Å². The standard InChI is InChI=1S/C18H14N2O7S/c1-10-6-7-13(15(8-10)20(23)24)18(22)19-14-9-16(21)17(28(25,26)27)12-5-3-2-4-11(12)14/h2-9,21H,1H3,(H,19,22)(H,25,26,27). The summed E-state index contributed by atoms with van der Waals surface area (Å²) in [6.45, 7) is 1.65. The largest absolute Gasteiger partial charge is 0.506 e. The van der Waals surface area contributed by atoms with Crippen molar-refractivity contribution in [1.29, 1.82) is 0 Å². The first-order chi connectivity index (χ1) is 13.1. The van der Waals surface area contributed by atoms with Crippen LogP contribution in [-0.4, -0.2) is 28.9 Å². The van der Waals surface area contributed by atoms with E-state index in [-0.39, 0.29) is 27.7 Å². The molecular weight excluding hydrogens is 388 g/mol. The second-order valence-electron chi connectivity index (χ2n) is 6.02. The number of carbonyl (C=O) groups excluding carboxylic acids is 1. The van der Waals surface area contributed by atoms with Gasteiger partial charge in [-0.1, -0.05) is 30.3 Å². The van der Waals surface area contributed by atoms with Crippen LogP contribution in [0.3, 0.4) is 0 Å². The molecule has 3 aromatic carbocycles. The summed E-state index contributed by atoms with van der Waals surface area (Å²) < 4.78 is 32.6. The number of amides is 1. The number of phenols is 1. The summed E-state index contributed by atoms with van der Waals surface area (Å²) in [5, 5.41) is 24.0. The average Bonchev–Trinajstić information content (AvgIpc) is 2.60. The van der Waals surface area contributed by atoms with Crippen molar-refractivity contribution in [2.45, 2.75) is 11.8 Å². The lowest BCUT2D eigenvalue weighted by atomic mass is 10.1. The van der Waals surface area contributed by atoms with E-state index in [1.54, 1.807) is 19.1 Å². The van der Waals surface area contributed by atoms with Crippen LogP contribution in [0.1, 0.15) is 15.9 Å². The summed E-state index contributed by atoms with van der Waals surface area (Å²) in [4.78, 5) is 22.5. The van der Waals surface area contributed by atoms with Gasteiger partial charge in [-0.3, -0.25) is 19.5 Å². The molecule has 3 rings (SSSR count). The third kappa shape index (κ3) is 3.50. The molecule has 0 atom stereocenters. The number of fused-ring (bicyclic) bond motifs is 1. The molecule has 3 N–H and O–H groups in total. The monoisotopic (exact) mass is 402 g/mol. The van der Waals surface area contributed by atoms with Crippen molar-refractivity contribution in [3.63, 3.8) is 0 Å². The average molecular weight is 402 g/mol. The Morgan fingerprint density at radius 1 is 1.11 bits per heavy atom. The topological polar surface area (TPSA) is 147 Å². The highest BCUT2D eigenvalue weighted by Gasteiger charge is 2.24. The molecule has 0 aliphatic rings. The highest BCUT2D eigenvalue weighted by Crippen LogP contribution is 2.37. The van der Waals surface area contributed by atoms with Crippen molar-refractivity contribution in [2.24, 2.45) is 0 Å². The van der Waals surface area contributed by atoms with E-state index in [0.29, 0.717) is 5.56 Å². The Kier molecular flexibility index (Phi) is 4.75. The van der Waals surface area contributed by atoms with Crippen LogP contribution >= 0.6 is 0 Å². The predicted molar refractivity (Wildman–Crippen MR) is 101 cm³/mol. The Hall–Kier alpha value is -3.50. The summed E-state index contributed by atoms with van der Waals surface area (Å²) in [7, 11) is -4.73. The molecule has 1 amide bonds. The zero-order valence-electron chi connectivity index (χ0n) is 14.4. The lowest BCUT2D eigenvalue weighted by molar-refractivity contribution is -0.385. The molecule has 0 bridgehead atoms. The number of aromatic hydroxyl groups is 1. The predicted octanol–water partition coefficient (Wildman–Crippen LogP) is 3.26. The molecule has 144 valence electrons. The van der Waals surface area contributed by atoms with Crippen molar-refractivity contribution in [3.05, 3.63) is 69.8 Å². The number of nitrogens with zero attached hydrogens (tertiary/aromatic N) is 1. The maximum atomic E-state index is 12.6. The molecule has 0 aliphatic carbocycles. The zero-order chi connectivity index (χ0) is 20.6. The lowest BCUT2D eigenvalue weighted by Crippen LogP contribution is -2.14. The SMILES string of the molecule is Cc1ccc(C(=O)Nc2cc(O)c(S(=O)(=O)O)c3ccccc23)c([N+](=O)[O-])c1. The second-order valence-corrected chi connectivity index (χ2v) is 7.38. The van der Waals surface area contributed by atoms with Crippen LogP contribution in [0.4, 0.5) is 11.4 Å². The summed E-state index contributed by atoms with van der Waals surface area (Å²) in [6, 6.07) is 10.9. The van der Waals surface area contributed by atoms with Crippen LogP contribution in [0.5, 0.6) is 5.75 Å². The van der Waals surface area contributed by atoms with Gasteiger partial charge in [0.1, 0.15) is 16.2 Å². The molecular formula is C18H14N2O7S. The number of hydrogen-bond acceptors (Lipinski definition) is 6. The van der Waals surface area contributed by atoms with Gasteiger partial charge in [0.2, 0.25) is 0 Å². The number of benzene rings is 3. The number of phenolic OH excluding ortho intramolecular Hbond substituents is 1. The van der Waals surface area contributed by atoms with Gasteiger partial charge in [0.25, 0.3) is 21.7 Å². The number of nitro groups is 1. The van der Waals surface area contributed by atoms with E-state index in [1.807, 2.05) is 0 Å². The van der Waals surface area contributed by atoms with Crippen LogP contribution in [0.25, 0.3) is 10.8 Å². The number of hydrogen-bond donors (Lipinski definition) is 3. The summed E-state index contributed by atoms with van der Waals surface area (Å²) in [5.41, 5.74) is 0.0443. The molecule has 9 nitrogen and oxygen atoms in total. The molecule has 10 heteroatoms. The van der Waals surface area contributed by atoms with Gasteiger partial charge in [-0.05, 0) is 18.6 Å². The first-order valence-electron chi connectivity index (χ1n) is 7.88. The molecule has 0 spiro atoms. The van der Waals surface area contributed by atoms with E-state index in [4.69, 9.17) is 0 Å². The van der Waals surface area contributed by atoms with Gasteiger partial charge in [0.15, 0.2) is 0 Å². The Balaban J connectivity index is 2.15. The molecule has 0 heterocycles. The molecule has 0 saturated carbocycles. The third-order valence-electron chi connectivity index (χ3n) is 4.08. The Morgan fingerprint density at radius 3 is 2.36 bits per heavy atom. The van der Waals surface area contributed by atoms with Gasteiger partial charge in [-0.2, -0.15) is 8.42 Å². The maximum absolute atomic E-state index is 12.6. The normalized spacial score (nSPS) is 11.4. The first kappa shape index (κ1) is 19.3. The Labute approximate surface area is 159 Å². The minimum atomic E-state index is -4.73. The highest BCUT2D eigenvalue weighted by atomic mass is 32.2. The molecule has 0 fully saturated rings. The first-order valence-corrected chi connectivity index (χ1v) is 9.32. The number of carbonyl (C=O) groups is 1. The van der Waals surface area contributed by atoms with Gasteiger partial charge in [-0.25, -0.2) is 0 Å². The van der Waals surface area contributed by atoms with Crippen LogP contribution in [0, 0.1) is 17.0 Å². The summed E-state index contributed by atoms with van der Waals surface area (Å²) in [5.74, 6) is -1.58. The van der Waals surface area contributed by atoms with Gasteiger partial charge >= 0.3 is 0 Å². The van der Waals surface area contributed by atoms with E-state index in [9.17, 15) is 33.0 Å². The van der Waals surface area contributed by atoms with Crippen LogP contribution < -0.4 is 5.32 Å². The van der Waals surface area contributed by atoms with Gasteiger partial charge in [0, 0.05) is 22.9 Å². The number of anilines is 1. The minimum Gasteiger partial charge on any atom is -0.506 e. The fourth-order valence-corrected chi connectivity index (χ4v) is 3.66. The Morgan fingerprint density at radius 2 is 1.75 bits per heavy atom. The minimum absolute atomic E-state index is 0.0151. The highest BCUT2D eigenvalue weighted by molar-refractivity contribution is 7.86. The zero-order valence-corrected chi connectivity index (χ0v) is 15.2. The van der Waals surface area contributed by atoms with E-state index >= 15 is 0 Å². The quantitative estimate of drug-likeness (QED) is 0.345. The van der Waals surface area contributed by atoms with Crippen LogP contribution in [0.2, 0.25) is 0 Å². The van der Waals surface area contributed by atoms with E-state index < -0.39 is 31.6 Å². The fourth-order valence-electron chi connectivity index (χ4n) is 2.88. The lowest BCUT2D eigenvalue weighted by Gasteiger charge is -2.13. The fraction of sp³-hybridized carbons (Fsp3) is 0.0556. The number of nitrogens with one attached hydrogen (secondary N) is 1. The van der Waals surface area contributed by atoms with E-state index in [0.717, 1.165) is 6.07 Å². The number of nitro benzene ring substituents is 1. The second kappa shape index (κ2) is 6.91. The third-order valence-corrected chi connectivity index (χ3v) is 5.02. The molecule has 0 aliphatic heterocycles. The number of rotatable bonds is 4. The number of aryl methyl sites for hydroxylation is 1. The van der Waals surface area contributed by atoms with E-state index in [2.05, 4.69) is 5.32 Å². The molecule has 28 heavy (non-hydrogen) atoms. The molecule has 0 unspecified atom stereocenters. The molecule has 0 radical (unpaired) electrons. The van der Waals surface area contributed by atoms with Crippen LogP contribution in [-0.2, 0) is 10.1 Å². The Bertz CT molecular complexity index is 1240. The van der Waals surface area contributed by atoms with Crippen molar-refractivity contribution in [2.75, 3.05) is 5.32 Å². The smallest absolute Gasteiger partial charge is 0.298 e.